The molecule has 0 aromatic heterocycles. The SMILES string of the molecule is Cc1cccc(CCCNC(=O)c2ccc(C)cc2I)c1. The van der Waals surface area contributed by atoms with E-state index < -0.39 is 0 Å². The van der Waals surface area contributed by atoms with Crippen LogP contribution in [0.1, 0.15) is 33.5 Å². The van der Waals surface area contributed by atoms with E-state index >= 15 is 0 Å². The van der Waals surface area contributed by atoms with Crippen LogP contribution >= 0.6 is 22.6 Å². The van der Waals surface area contributed by atoms with Gasteiger partial charge in [0.25, 0.3) is 5.91 Å². The Morgan fingerprint density at radius 3 is 2.57 bits per heavy atom. The summed E-state index contributed by atoms with van der Waals surface area (Å²) in [5.74, 6) is 0.0173. The summed E-state index contributed by atoms with van der Waals surface area (Å²) in [5.41, 5.74) is 4.55. The average Bonchev–Trinajstić information content (AvgIpc) is 2.43. The summed E-state index contributed by atoms with van der Waals surface area (Å²) < 4.78 is 1.00. The van der Waals surface area contributed by atoms with Crippen LogP contribution in [0.25, 0.3) is 0 Å². The van der Waals surface area contributed by atoms with Crippen LogP contribution in [0.3, 0.4) is 0 Å². The molecule has 0 fully saturated rings. The fourth-order valence-corrected chi connectivity index (χ4v) is 3.18. The fraction of sp³-hybridized carbons (Fsp3) is 0.278. The molecule has 0 bridgehead atoms. The molecule has 0 saturated heterocycles. The van der Waals surface area contributed by atoms with Crippen LogP contribution in [0.4, 0.5) is 0 Å². The average molecular weight is 393 g/mol. The zero-order valence-electron chi connectivity index (χ0n) is 12.4. The Hall–Kier alpha value is -1.36. The van der Waals surface area contributed by atoms with Gasteiger partial charge in [-0.2, -0.15) is 0 Å². The van der Waals surface area contributed by atoms with Gasteiger partial charge < -0.3 is 5.32 Å². The topological polar surface area (TPSA) is 29.1 Å². The molecule has 3 heteroatoms. The second-order valence-electron chi connectivity index (χ2n) is 5.33. The molecule has 0 heterocycles. The van der Waals surface area contributed by atoms with Gasteiger partial charge in [0.15, 0.2) is 0 Å². The maximum Gasteiger partial charge on any atom is 0.252 e. The highest BCUT2D eigenvalue weighted by atomic mass is 127. The smallest absolute Gasteiger partial charge is 0.252 e. The quantitative estimate of drug-likeness (QED) is 0.597. The molecule has 0 saturated carbocycles. The Morgan fingerprint density at radius 2 is 1.86 bits per heavy atom. The van der Waals surface area contributed by atoms with E-state index in [0.29, 0.717) is 6.54 Å². The number of hydrogen-bond donors (Lipinski definition) is 1. The molecular formula is C18H20INO. The van der Waals surface area contributed by atoms with E-state index in [0.717, 1.165) is 22.0 Å². The summed E-state index contributed by atoms with van der Waals surface area (Å²) in [5, 5.41) is 3.00. The molecule has 110 valence electrons. The van der Waals surface area contributed by atoms with Crippen molar-refractivity contribution in [1.82, 2.24) is 5.32 Å². The Kier molecular flexibility index (Phi) is 5.79. The van der Waals surface area contributed by atoms with Crippen LogP contribution in [-0.2, 0) is 6.42 Å². The van der Waals surface area contributed by atoms with Crippen molar-refractivity contribution in [2.45, 2.75) is 26.7 Å². The lowest BCUT2D eigenvalue weighted by atomic mass is 10.1. The number of carbonyl (C=O) groups excluding carboxylic acids is 1. The predicted octanol–water partition coefficient (Wildman–Crippen LogP) is 4.27. The van der Waals surface area contributed by atoms with E-state index in [1.54, 1.807) is 0 Å². The van der Waals surface area contributed by atoms with Gasteiger partial charge in [0, 0.05) is 10.1 Å². The number of amides is 1. The van der Waals surface area contributed by atoms with E-state index in [1.165, 1.54) is 16.7 Å². The molecule has 0 aliphatic heterocycles. The summed E-state index contributed by atoms with van der Waals surface area (Å²) in [6.45, 7) is 4.84. The van der Waals surface area contributed by atoms with Crippen LogP contribution < -0.4 is 5.32 Å². The number of nitrogens with one attached hydrogen (secondary N) is 1. The number of carbonyl (C=O) groups is 1. The summed E-state index contributed by atoms with van der Waals surface area (Å²) in [4.78, 5) is 12.1. The maximum absolute atomic E-state index is 12.1. The van der Waals surface area contributed by atoms with Crippen LogP contribution in [0.2, 0.25) is 0 Å². The van der Waals surface area contributed by atoms with Gasteiger partial charge in [0.05, 0.1) is 5.56 Å². The van der Waals surface area contributed by atoms with E-state index in [4.69, 9.17) is 0 Å². The molecule has 0 aliphatic rings. The summed E-state index contributed by atoms with van der Waals surface area (Å²) in [6, 6.07) is 14.4. The molecule has 21 heavy (non-hydrogen) atoms. The van der Waals surface area contributed by atoms with Crippen LogP contribution in [-0.4, -0.2) is 12.5 Å². The van der Waals surface area contributed by atoms with Gasteiger partial charge in [-0.3, -0.25) is 4.79 Å². The number of rotatable bonds is 5. The third-order valence-corrected chi connectivity index (χ3v) is 4.27. The Balaban J connectivity index is 1.82. The highest BCUT2D eigenvalue weighted by Gasteiger charge is 2.08. The van der Waals surface area contributed by atoms with Crippen LogP contribution in [0.5, 0.6) is 0 Å². The fourth-order valence-electron chi connectivity index (χ4n) is 2.26. The van der Waals surface area contributed by atoms with E-state index in [-0.39, 0.29) is 5.91 Å². The Bertz CT molecular complexity index is 637. The molecule has 2 aromatic carbocycles. The van der Waals surface area contributed by atoms with Crippen molar-refractivity contribution in [2.75, 3.05) is 6.54 Å². The number of aryl methyl sites for hydroxylation is 3. The zero-order chi connectivity index (χ0) is 15.2. The first-order valence-corrected chi connectivity index (χ1v) is 8.24. The van der Waals surface area contributed by atoms with Crippen LogP contribution in [0, 0.1) is 17.4 Å². The third-order valence-electron chi connectivity index (χ3n) is 3.38. The number of halogens is 1. The molecule has 2 nitrogen and oxygen atoms in total. The van der Waals surface area contributed by atoms with Crippen molar-refractivity contribution in [3.05, 3.63) is 68.3 Å². The lowest BCUT2D eigenvalue weighted by molar-refractivity contribution is 0.0952. The normalized spacial score (nSPS) is 10.4. The molecule has 0 spiro atoms. The molecular weight excluding hydrogens is 373 g/mol. The minimum Gasteiger partial charge on any atom is -0.352 e. The van der Waals surface area contributed by atoms with Gasteiger partial charge in [-0.05, 0) is 67.0 Å². The highest BCUT2D eigenvalue weighted by Crippen LogP contribution is 2.14. The van der Waals surface area contributed by atoms with Crippen molar-refractivity contribution in [2.24, 2.45) is 0 Å². The van der Waals surface area contributed by atoms with Gasteiger partial charge in [-0.1, -0.05) is 41.5 Å². The van der Waals surface area contributed by atoms with Crippen molar-refractivity contribution in [3.63, 3.8) is 0 Å². The largest absolute Gasteiger partial charge is 0.352 e. The van der Waals surface area contributed by atoms with Gasteiger partial charge >= 0.3 is 0 Å². The zero-order valence-corrected chi connectivity index (χ0v) is 14.6. The van der Waals surface area contributed by atoms with E-state index in [9.17, 15) is 4.79 Å². The van der Waals surface area contributed by atoms with Crippen LogP contribution in [0.15, 0.2) is 42.5 Å². The second kappa shape index (κ2) is 7.59. The highest BCUT2D eigenvalue weighted by molar-refractivity contribution is 14.1. The standard InChI is InChI=1S/C18H20INO/c1-13-5-3-6-15(11-13)7-4-10-20-18(21)16-9-8-14(2)12-17(16)19/h3,5-6,8-9,11-12H,4,7,10H2,1-2H3,(H,20,21). The molecule has 0 atom stereocenters. The van der Waals surface area contributed by atoms with E-state index in [2.05, 4.69) is 59.1 Å². The molecule has 1 N–H and O–H groups in total. The van der Waals surface area contributed by atoms with Crippen molar-refractivity contribution in [3.8, 4) is 0 Å². The maximum atomic E-state index is 12.1. The van der Waals surface area contributed by atoms with Gasteiger partial charge in [-0.25, -0.2) is 0 Å². The molecule has 0 radical (unpaired) electrons. The van der Waals surface area contributed by atoms with Crippen molar-refractivity contribution >= 4 is 28.5 Å². The first-order valence-electron chi connectivity index (χ1n) is 7.16. The number of hydrogen-bond acceptors (Lipinski definition) is 1. The molecule has 1 amide bonds. The first-order chi connectivity index (χ1) is 10.1. The number of benzene rings is 2. The second-order valence-corrected chi connectivity index (χ2v) is 6.49. The first kappa shape index (κ1) is 16.0. The summed E-state index contributed by atoms with van der Waals surface area (Å²) >= 11 is 2.21. The summed E-state index contributed by atoms with van der Waals surface area (Å²) in [7, 11) is 0. The monoisotopic (exact) mass is 393 g/mol. The molecule has 2 aromatic rings. The molecule has 0 aliphatic carbocycles. The Labute approximate surface area is 140 Å². The minimum absolute atomic E-state index is 0.0173. The third kappa shape index (κ3) is 4.84. The predicted molar refractivity (Wildman–Crippen MR) is 95.7 cm³/mol. The summed E-state index contributed by atoms with van der Waals surface area (Å²) in [6.07, 6.45) is 1.95. The van der Waals surface area contributed by atoms with Gasteiger partial charge in [0.1, 0.15) is 0 Å². The molecule has 0 unspecified atom stereocenters. The molecule has 2 rings (SSSR count). The van der Waals surface area contributed by atoms with Gasteiger partial charge in [-0.15, -0.1) is 0 Å². The lowest BCUT2D eigenvalue weighted by Gasteiger charge is -2.08. The van der Waals surface area contributed by atoms with E-state index in [1.807, 2.05) is 25.1 Å². The van der Waals surface area contributed by atoms with Crippen molar-refractivity contribution in [1.29, 1.82) is 0 Å². The lowest BCUT2D eigenvalue weighted by Crippen LogP contribution is -2.25. The Morgan fingerprint density at radius 1 is 1.10 bits per heavy atom. The minimum atomic E-state index is 0.0173. The van der Waals surface area contributed by atoms with Gasteiger partial charge in [0.2, 0.25) is 0 Å². The van der Waals surface area contributed by atoms with Crippen molar-refractivity contribution < 1.29 is 4.79 Å².